The first-order valence-electron chi connectivity index (χ1n) is 8.87. The number of alkyl halides is 3. The lowest BCUT2D eigenvalue weighted by molar-refractivity contribution is -0.161. The molecule has 0 saturated carbocycles. The van der Waals surface area contributed by atoms with Crippen molar-refractivity contribution in [2.45, 2.75) is 45.3 Å². The minimum Gasteiger partial charge on any atom is -0.342 e. The third-order valence-electron chi connectivity index (χ3n) is 5.59. The van der Waals surface area contributed by atoms with Gasteiger partial charge >= 0.3 is 6.18 Å². The fraction of sp³-hybridized carbons (Fsp3) is 0.632. The second kappa shape index (κ2) is 6.98. The fourth-order valence-electron chi connectivity index (χ4n) is 3.98. The lowest BCUT2D eigenvalue weighted by atomic mass is 9.77. The molecule has 6 heteroatoms. The quantitative estimate of drug-likeness (QED) is 0.825. The van der Waals surface area contributed by atoms with Gasteiger partial charge in [-0.15, -0.1) is 0 Å². The highest BCUT2D eigenvalue weighted by Crippen LogP contribution is 2.41. The zero-order valence-corrected chi connectivity index (χ0v) is 14.6. The number of aryl methyl sites for hydroxylation is 1. The number of benzene rings is 1. The Hall–Kier alpha value is -1.56. The van der Waals surface area contributed by atoms with Crippen molar-refractivity contribution in [3.63, 3.8) is 0 Å². The first kappa shape index (κ1) is 18.2. The Kier molecular flexibility index (Phi) is 5.09. The van der Waals surface area contributed by atoms with Crippen molar-refractivity contribution in [2.24, 2.45) is 5.41 Å². The molecule has 0 N–H and O–H groups in total. The average molecular weight is 354 g/mol. The Balaban J connectivity index is 1.50. The molecule has 1 aromatic rings. The van der Waals surface area contributed by atoms with Crippen LogP contribution in [0.2, 0.25) is 0 Å². The van der Waals surface area contributed by atoms with E-state index in [0.717, 1.165) is 38.9 Å². The maximum atomic E-state index is 12.4. The Bertz CT molecular complexity index is 604. The minimum absolute atomic E-state index is 0.0189. The molecule has 1 amide bonds. The van der Waals surface area contributed by atoms with E-state index in [1.165, 1.54) is 16.0 Å². The van der Waals surface area contributed by atoms with Crippen LogP contribution in [0.4, 0.5) is 13.2 Å². The molecule has 2 heterocycles. The number of amides is 1. The molecule has 2 aliphatic heterocycles. The molecular weight excluding hydrogens is 329 g/mol. The maximum Gasteiger partial charge on any atom is 0.397 e. The monoisotopic (exact) mass is 354 g/mol. The van der Waals surface area contributed by atoms with Gasteiger partial charge in [-0.25, -0.2) is 0 Å². The van der Waals surface area contributed by atoms with Crippen LogP contribution in [0.3, 0.4) is 0 Å². The summed E-state index contributed by atoms with van der Waals surface area (Å²) in [6.07, 6.45) is -3.01. The van der Waals surface area contributed by atoms with E-state index in [4.69, 9.17) is 0 Å². The number of hydrogen-bond acceptors (Lipinski definition) is 2. The van der Waals surface area contributed by atoms with Gasteiger partial charge in [0, 0.05) is 19.6 Å². The van der Waals surface area contributed by atoms with Crippen LogP contribution in [0, 0.1) is 12.3 Å². The van der Waals surface area contributed by atoms with Gasteiger partial charge in [0.15, 0.2) is 0 Å². The van der Waals surface area contributed by atoms with Crippen molar-refractivity contribution in [3.8, 4) is 0 Å². The second-order valence-corrected chi connectivity index (χ2v) is 7.62. The van der Waals surface area contributed by atoms with Crippen LogP contribution in [-0.2, 0) is 11.3 Å². The number of carbonyl (C=O) groups is 1. The second-order valence-electron chi connectivity index (χ2n) is 7.62. The van der Waals surface area contributed by atoms with Gasteiger partial charge in [0.2, 0.25) is 5.91 Å². The Labute approximate surface area is 146 Å². The summed E-state index contributed by atoms with van der Waals surface area (Å²) in [4.78, 5) is 15.6. The Morgan fingerprint density at radius 2 is 1.68 bits per heavy atom. The molecule has 1 aromatic carbocycles. The summed E-state index contributed by atoms with van der Waals surface area (Å²) in [6.45, 7) is 5.81. The van der Waals surface area contributed by atoms with Gasteiger partial charge in [-0.2, -0.15) is 13.2 Å². The van der Waals surface area contributed by atoms with Gasteiger partial charge in [0.25, 0.3) is 0 Å². The van der Waals surface area contributed by atoms with E-state index in [9.17, 15) is 18.0 Å². The van der Waals surface area contributed by atoms with E-state index in [2.05, 4.69) is 36.1 Å². The molecule has 3 nitrogen and oxygen atoms in total. The van der Waals surface area contributed by atoms with Crippen molar-refractivity contribution < 1.29 is 18.0 Å². The van der Waals surface area contributed by atoms with E-state index < -0.39 is 18.5 Å². The van der Waals surface area contributed by atoms with Gasteiger partial charge in [-0.3, -0.25) is 9.69 Å². The zero-order chi connectivity index (χ0) is 18.1. The van der Waals surface area contributed by atoms with E-state index in [-0.39, 0.29) is 5.41 Å². The molecule has 1 spiro atoms. The van der Waals surface area contributed by atoms with Gasteiger partial charge in [-0.1, -0.05) is 29.8 Å². The van der Waals surface area contributed by atoms with Crippen LogP contribution < -0.4 is 0 Å². The molecule has 0 aliphatic carbocycles. The van der Waals surface area contributed by atoms with E-state index in [1.54, 1.807) is 0 Å². The highest BCUT2D eigenvalue weighted by molar-refractivity contribution is 5.77. The molecule has 0 unspecified atom stereocenters. The molecular formula is C19H25F3N2O. The Morgan fingerprint density at radius 1 is 1.08 bits per heavy atom. The summed E-state index contributed by atoms with van der Waals surface area (Å²) < 4.78 is 37.3. The van der Waals surface area contributed by atoms with Crippen LogP contribution >= 0.6 is 0 Å². The van der Waals surface area contributed by atoms with Crippen LogP contribution in [-0.4, -0.2) is 48.1 Å². The highest BCUT2D eigenvalue weighted by atomic mass is 19.4. The molecule has 2 saturated heterocycles. The summed E-state index contributed by atoms with van der Waals surface area (Å²) in [7, 11) is 0. The zero-order valence-electron chi connectivity index (χ0n) is 14.6. The lowest BCUT2D eigenvalue weighted by Gasteiger charge is -2.39. The maximum absolute atomic E-state index is 12.4. The molecule has 138 valence electrons. The predicted octanol–water partition coefficient (Wildman–Crippen LogP) is 3.76. The summed E-state index contributed by atoms with van der Waals surface area (Å²) in [6, 6.07) is 8.52. The number of halogens is 3. The standard InChI is InChI=1S/C19H25F3N2O/c1-15-2-4-16(5-3-15)13-23-9-6-18(7-10-23)8-11-24(14-18)17(25)12-19(20,21)22/h2-5H,6-14H2,1H3. The van der Waals surface area contributed by atoms with Crippen molar-refractivity contribution >= 4 is 5.91 Å². The first-order valence-corrected chi connectivity index (χ1v) is 8.87. The number of carbonyl (C=O) groups excluding carboxylic acids is 1. The van der Waals surface area contributed by atoms with Gasteiger partial charge in [0.1, 0.15) is 6.42 Å². The number of hydrogen-bond donors (Lipinski definition) is 0. The number of nitrogens with zero attached hydrogens (tertiary/aromatic N) is 2. The van der Waals surface area contributed by atoms with Crippen LogP contribution in [0.1, 0.15) is 36.8 Å². The minimum atomic E-state index is -4.41. The molecule has 0 atom stereocenters. The Morgan fingerprint density at radius 3 is 2.28 bits per heavy atom. The van der Waals surface area contributed by atoms with Crippen LogP contribution in [0.25, 0.3) is 0 Å². The third kappa shape index (κ3) is 4.75. The third-order valence-corrected chi connectivity index (χ3v) is 5.59. The average Bonchev–Trinajstić information content (AvgIpc) is 2.95. The highest BCUT2D eigenvalue weighted by Gasteiger charge is 2.43. The lowest BCUT2D eigenvalue weighted by Crippen LogP contribution is -2.42. The number of piperidine rings is 1. The smallest absolute Gasteiger partial charge is 0.342 e. The van der Waals surface area contributed by atoms with Crippen molar-refractivity contribution in [1.29, 1.82) is 0 Å². The summed E-state index contributed by atoms with van der Waals surface area (Å²) in [5, 5.41) is 0. The van der Waals surface area contributed by atoms with Gasteiger partial charge in [0.05, 0.1) is 0 Å². The van der Waals surface area contributed by atoms with E-state index in [1.807, 2.05) is 0 Å². The summed E-state index contributed by atoms with van der Waals surface area (Å²) >= 11 is 0. The van der Waals surface area contributed by atoms with Crippen molar-refractivity contribution in [1.82, 2.24) is 9.80 Å². The molecule has 25 heavy (non-hydrogen) atoms. The predicted molar refractivity (Wildman–Crippen MR) is 90.0 cm³/mol. The SMILES string of the molecule is Cc1ccc(CN2CCC3(CC2)CCN(C(=O)CC(F)(F)F)C3)cc1. The normalized spacial score (nSPS) is 21.0. The number of likely N-dealkylation sites (tertiary alicyclic amines) is 2. The first-order chi connectivity index (χ1) is 11.7. The van der Waals surface area contributed by atoms with E-state index >= 15 is 0 Å². The van der Waals surface area contributed by atoms with Crippen LogP contribution in [0.15, 0.2) is 24.3 Å². The molecule has 0 bridgehead atoms. The number of rotatable bonds is 3. The van der Waals surface area contributed by atoms with Gasteiger partial charge in [-0.05, 0) is 50.3 Å². The molecule has 2 aliphatic rings. The van der Waals surface area contributed by atoms with E-state index in [0.29, 0.717) is 13.1 Å². The molecule has 0 aromatic heterocycles. The van der Waals surface area contributed by atoms with Crippen molar-refractivity contribution in [3.05, 3.63) is 35.4 Å². The molecule has 0 radical (unpaired) electrons. The molecule has 2 fully saturated rings. The van der Waals surface area contributed by atoms with Crippen LogP contribution in [0.5, 0.6) is 0 Å². The van der Waals surface area contributed by atoms with Crippen molar-refractivity contribution in [2.75, 3.05) is 26.2 Å². The topological polar surface area (TPSA) is 23.6 Å². The molecule has 3 rings (SSSR count). The van der Waals surface area contributed by atoms with Gasteiger partial charge < -0.3 is 4.90 Å². The fourth-order valence-corrected chi connectivity index (χ4v) is 3.98. The largest absolute Gasteiger partial charge is 0.397 e. The summed E-state index contributed by atoms with van der Waals surface area (Å²) in [5.74, 6) is -0.772. The summed E-state index contributed by atoms with van der Waals surface area (Å²) in [5.41, 5.74) is 2.55.